The summed E-state index contributed by atoms with van der Waals surface area (Å²) in [7, 11) is -6.08. The van der Waals surface area contributed by atoms with Gasteiger partial charge in [-0.3, -0.25) is 13.7 Å². The summed E-state index contributed by atoms with van der Waals surface area (Å²) in [6.45, 7) is 11.2. The summed E-state index contributed by atoms with van der Waals surface area (Å²) in [5.41, 5.74) is -2.98. The zero-order valence-electron chi connectivity index (χ0n) is 19.3. The van der Waals surface area contributed by atoms with Crippen molar-refractivity contribution in [1.29, 1.82) is 0 Å². The number of hydrogen-bond donors (Lipinski definition) is 4. The van der Waals surface area contributed by atoms with Gasteiger partial charge in [0.1, 0.15) is 20.1 Å². The topological polar surface area (TPSA) is 143 Å². The van der Waals surface area contributed by atoms with E-state index in [1.165, 1.54) is 13.6 Å². The van der Waals surface area contributed by atoms with E-state index in [0.29, 0.717) is 6.42 Å². The molecule has 1 rings (SSSR count). The Kier molecular flexibility index (Phi) is 9.45. The van der Waals surface area contributed by atoms with E-state index < -0.39 is 62.0 Å². The molecule has 0 amide bonds. The molecule has 178 valence electrons. The summed E-state index contributed by atoms with van der Waals surface area (Å²) in [5.74, 6) is -1.58. The molecule has 30 heavy (non-hydrogen) atoms. The Morgan fingerprint density at radius 2 is 1.63 bits per heavy atom. The second-order valence-corrected chi connectivity index (χ2v) is 13.8. The van der Waals surface area contributed by atoms with Gasteiger partial charge < -0.3 is 29.5 Å². The van der Waals surface area contributed by atoms with E-state index in [9.17, 15) is 29.3 Å². The lowest BCUT2D eigenvalue weighted by Gasteiger charge is -2.42. The van der Waals surface area contributed by atoms with E-state index >= 15 is 0 Å². The van der Waals surface area contributed by atoms with Gasteiger partial charge >= 0.3 is 7.60 Å². The molecule has 1 aliphatic rings. The van der Waals surface area contributed by atoms with Crippen LogP contribution in [0.2, 0.25) is 0 Å². The minimum Gasteiger partial charge on any atom is -0.388 e. The third-order valence-corrected chi connectivity index (χ3v) is 10.9. The molecular formula is C18H39BO9P2. The molecule has 4 N–H and O–H groups in total. The van der Waals surface area contributed by atoms with Crippen LogP contribution in [0.4, 0.5) is 0 Å². The highest BCUT2D eigenvalue weighted by Gasteiger charge is 2.50. The maximum Gasteiger partial charge on any atom is 0.356 e. The van der Waals surface area contributed by atoms with Crippen LogP contribution in [0, 0.1) is 0 Å². The molecule has 0 radical (unpaired) electrons. The molecule has 9 nitrogen and oxygen atoms in total. The highest BCUT2D eigenvalue weighted by atomic mass is 31.2. The Balaban J connectivity index is 3.06. The minimum absolute atomic E-state index is 0.215. The minimum atomic E-state index is -4.33. The van der Waals surface area contributed by atoms with E-state index in [2.05, 4.69) is 0 Å². The standard InChI is InChI=1S/C18H39BO9P2/c1-8-17(5,10-13-14(21)15(22)16(19)26-13)27-29(7,23)11(3)18(6,9-2)28-30(24,25)12(4)20/h11-16,20-22H,8-10,19H2,1-7H3,(H,24,25)/t11-,12?,13+,14+,15+,16+,17?,18?,29?/m0/s1. The zero-order chi connectivity index (χ0) is 23.7. The Bertz CT molecular complexity index is 678. The van der Waals surface area contributed by atoms with E-state index in [1.54, 1.807) is 35.5 Å². The molecule has 0 aliphatic carbocycles. The average molecular weight is 472 g/mol. The number of aliphatic hydroxyl groups is 3. The second kappa shape index (κ2) is 10.0. The fraction of sp³-hybridized carbons (Fsp3) is 1.00. The lowest BCUT2D eigenvalue weighted by Crippen LogP contribution is -2.43. The Labute approximate surface area is 180 Å². The van der Waals surface area contributed by atoms with Gasteiger partial charge in [-0.1, -0.05) is 20.8 Å². The molecule has 1 aliphatic heterocycles. The van der Waals surface area contributed by atoms with Gasteiger partial charge in [0.15, 0.2) is 5.85 Å². The highest BCUT2D eigenvalue weighted by Crippen LogP contribution is 2.61. The van der Waals surface area contributed by atoms with Gasteiger partial charge in [0.2, 0.25) is 7.37 Å². The van der Waals surface area contributed by atoms with Gasteiger partial charge in [-0.15, -0.1) is 0 Å². The summed E-state index contributed by atoms with van der Waals surface area (Å²) < 4.78 is 43.1. The van der Waals surface area contributed by atoms with Gasteiger partial charge in [0.25, 0.3) is 0 Å². The first kappa shape index (κ1) is 28.3. The molecule has 12 heteroatoms. The second-order valence-electron chi connectivity index (χ2n) is 9.00. The lowest BCUT2D eigenvalue weighted by atomic mass is 9.90. The Hall–Kier alpha value is 0.245. The molecule has 10 atom stereocenters. The summed E-state index contributed by atoms with van der Waals surface area (Å²) in [6.07, 6.45) is -1.80. The molecule has 0 spiro atoms. The van der Waals surface area contributed by atoms with Crippen LogP contribution in [0.3, 0.4) is 0 Å². The number of aliphatic hydroxyl groups excluding tert-OH is 3. The molecule has 0 aromatic carbocycles. The highest BCUT2D eigenvalue weighted by molar-refractivity contribution is 7.59. The van der Waals surface area contributed by atoms with Gasteiger partial charge in [0.05, 0.1) is 29.0 Å². The fourth-order valence-corrected chi connectivity index (χ4v) is 7.18. The maximum absolute atomic E-state index is 13.6. The van der Waals surface area contributed by atoms with Crippen molar-refractivity contribution in [3.8, 4) is 0 Å². The van der Waals surface area contributed by atoms with Crippen molar-refractivity contribution in [3.05, 3.63) is 0 Å². The Morgan fingerprint density at radius 1 is 1.10 bits per heavy atom. The van der Waals surface area contributed by atoms with Crippen LogP contribution in [0.15, 0.2) is 0 Å². The van der Waals surface area contributed by atoms with E-state index in [4.69, 9.17) is 13.8 Å². The molecule has 1 saturated heterocycles. The maximum atomic E-state index is 13.6. The number of hydrogen-bond acceptors (Lipinski definition) is 8. The normalized spacial score (nSPS) is 34.9. The first-order chi connectivity index (χ1) is 13.4. The van der Waals surface area contributed by atoms with Crippen molar-refractivity contribution in [2.75, 3.05) is 6.66 Å². The van der Waals surface area contributed by atoms with Gasteiger partial charge in [-0.25, -0.2) is 0 Å². The Morgan fingerprint density at radius 3 is 2.00 bits per heavy atom. The predicted molar refractivity (Wildman–Crippen MR) is 118 cm³/mol. The lowest BCUT2D eigenvalue weighted by molar-refractivity contribution is -0.0345. The SMILES string of the molecule is B[C@@H]1O[C@H](CC(C)(CC)OP(C)(=O)[C@@H](C)C(C)(CC)OP(=O)(O)C(C)O)[C@@H](O)[C@H]1O. The van der Waals surface area contributed by atoms with Crippen LogP contribution in [0.5, 0.6) is 0 Å². The van der Waals surface area contributed by atoms with E-state index in [-0.39, 0.29) is 12.8 Å². The van der Waals surface area contributed by atoms with Crippen LogP contribution >= 0.6 is 15.0 Å². The number of ether oxygens (including phenoxy) is 1. The molecular weight excluding hydrogens is 433 g/mol. The van der Waals surface area contributed by atoms with Crippen molar-refractivity contribution in [3.63, 3.8) is 0 Å². The van der Waals surface area contributed by atoms with Crippen LogP contribution in [-0.2, 0) is 22.9 Å². The largest absolute Gasteiger partial charge is 0.388 e. The number of rotatable bonds is 11. The summed E-state index contributed by atoms with van der Waals surface area (Å²) in [6, 6.07) is -0.519. The van der Waals surface area contributed by atoms with Gasteiger partial charge in [0, 0.05) is 13.1 Å². The molecule has 0 aromatic heterocycles. The summed E-state index contributed by atoms with van der Waals surface area (Å²) in [5, 5.41) is 29.8. The molecule has 5 unspecified atom stereocenters. The summed E-state index contributed by atoms with van der Waals surface area (Å²) >= 11 is 0. The fourth-order valence-electron chi connectivity index (χ4n) is 3.60. The molecule has 1 fully saturated rings. The van der Waals surface area contributed by atoms with Crippen LogP contribution in [0.25, 0.3) is 0 Å². The third kappa shape index (κ3) is 6.40. The van der Waals surface area contributed by atoms with E-state index in [1.807, 2.05) is 6.92 Å². The van der Waals surface area contributed by atoms with Crippen molar-refractivity contribution in [2.24, 2.45) is 0 Å². The van der Waals surface area contributed by atoms with Gasteiger partial charge in [-0.2, -0.15) is 0 Å². The van der Waals surface area contributed by atoms with E-state index in [0.717, 1.165) is 0 Å². The first-order valence-corrected chi connectivity index (χ1v) is 14.2. The van der Waals surface area contributed by atoms with Crippen molar-refractivity contribution in [1.82, 2.24) is 0 Å². The summed E-state index contributed by atoms with van der Waals surface area (Å²) in [4.78, 5) is 10.0. The third-order valence-electron chi connectivity index (χ3n) is 6.48. The van der Waals surface area contributed by atoms with Crippen LogP contribution in [-0.4, -0.2) is 81.7 Å². The molecule has 1 heterocycles. The predicted octanol–water partition coefficient (Wildman–Crippen LogP) is 1.65. The average Bonchev–Trinajstić information content (AvgIpc) is 2.86. The van der Waals surface area contributed by atoms with Crippen LogP contribution < -0.4 is 0 Å². The quantitative estimate of drug-likeness (QED) is 0.261. The first-order valence-electron chi connectivity index (χ1n) is 10.5. The van der Waals surface area contributed by atoms with Crippen molar-refractivity contribution < 1.29 is 43.1 Å². The molecule has 0 bridgehead atoms. The molecule has 0 saturated carbocycles. The van der Waals surface area contributed by atoms with Crippen molar-refractivity contribution >= 4 is 22.8 Å². The van der Waals surface area contributed by atoms with Gasteiger partial charge in [-0.05, 0) is 33.6 Å². The molecule has 0 aromatic rings. The smallest absolute Gasteiger partial charge is 0.356 e. The van der Waals surface area contributed by atoms with Crippen molar-refractivity contribution in [2.45, 2.75) is 108 Å². The van der Waals surface area contributed by atoms with Crippen LogP contribution in [0.1, 0.15) is 60.8 Å². The monoisotopic (exact) mass is 472 g/mol. The zero-order valence-corrected chi connectivity index (χ0v) is 21.1.